The van der Waals surface area contributed by atoms with Crippen LogP contribution in [-0.2, 0) is 0 Å². The van der Waals surface area contributed by atoms with Crippen LogP contribution in [0.5, 0.6) is 0 Å². The molecule has 1 aliphatic carbocycles. The Morgan fingerprint density at radius 3 is 2.43 bits per heavy atom. The van der Waals surface area contributed by atoms with Crippen LogP contribution in [0.4, 0.5) is 5.69 Å². The molecule has 23 heavy (non-hydrogen) atoms. The molecule has 1 N–H and O–H groups in total. The highest BCUT2D eigenvalue weighted by molar-refractivity contribution is 6.39. The molecule has 5 nitrogen and oxygen atoms in total. The van der Waals surface area contributed by atoms with E-state index in [-0.39, 0.29) is 17.0 Å². The number of fused-ring (bicyclic) bond motifs is 1. The number of hydrogen-bond donors (Lipinski definition) is 1. The van der Waals surface area contributed by atoms with E-state index in [0.717, 1.165) is 0 Å². The molecule has 1 aliphatic rings. The number of Topliss-reactive ketones (excluding diaryl/α,β-unsaturated/α-hetero) is 1. The Bertz CT molecular complexity index is 972. The number of nitrogens with zero attached hydrogens (tertiary/aromatic N) is 3. The summed E-state index contributed by atoms with van der Waals surface area (Å²) in [5, 5.41) is 28.5. The van der Waals surface area contributed by atoms with Crippen LogP contribution in [0.25, 0.3) is 5.76 Å². The lowest BCUT2D eigenvalue weighted by atomic mass is 10.1. The van der Waals surface area contributed by atoms with Gasteiger partial charge >= 0.3 is 0 Å². The van der Waals surface area contributed by atoms with Crippen molar-refractivity contribution in [3.63, 3.8) is 0 Å². The lowest BCUT2D eigenvalue weighted by Crippen LogP contribution is -2.08. The first kappa shape index (κ1) is 14.2. The number of rotatable bonds is 2. The third-order valence-electron chi connectivity index (χ3n) is 3.45. The largest absolute Gasteiger partial charge is 0.506 e. The number of aliphatic hydroxyl groups excluding tert-OH is 1. The summed E-state index contributed by atoms with van der Waals surface area (Å²) in [5.74, 6) is -0.683. The van der Waals surface area contributed by atoms with Crippen molar-refractivity contribution in [2.75, 3.05) is 0 Å². The van der Waals surface area contributed by atoms with Crippen molar-refractivity contribution >= 4 is 22.9 Å². The lowest BCUT2D eigenvalue weighted by molar-refractivity contribution is 0.104. The van der Waals surface area contributed by atoms with Crippen molar-refractivity contribution in [2.45, 2.75) is 0 Å². The molecule has 0 radical (unpaired) electrons. The highest BCUT2D eigenvalue weighted by Crippen LogP contribution is 2.32. The molecule has 108 valence electrons. The van der Waals surface area contributed by atoms with Crippen LogP contribution in [-0.4, -0.2) is 16.6 Å². The molecule has 0 fully saturated rings. The van der Waals surface area contributed by atoms with Gasteiger partial charge in [0.05, 0.1) is 17.3 Å². The number of nitriles is 2. The number of benzene rings is 2. The van der Waals surface area contributed by atoms with Crippen LogP contribution in [0.15, 0.2) is 59.1 Å². The standard InChI is InChI=1S/C18H9N3O2/c19-9-11-4-3-5-12(8-11)21-15(10-20)16-17(22)13-6-1-2-7-14(13)18(16)23/h1-8,22H. The van der Waals surface area contributed by atoms with Gasteiger partial charge in [0.25, 0.3) is 0 Å². The molecule has 0 spiro atoms. The number of allylic oxidation sites excluding steroid dienone is 1. The van der Waals surface area contributed by atoms with Crippen LogP contribution in [0.1, 0.15) is 21.5 Å². The zero-order chi connectivity index (χ0) is 16.4. The number of carbonyl (C=O) groups is 1. The highest BCUT2D eigenvalue weighted by Gasteiger charge is 2.32. The van der Waals surface area contributed by atoms with Crippen molar-refractivity contribution in [3.8, 4) is 12.1 Å². The second-order valence-corrected chi connectivity index (χ2v) is 4.83. The average Bonchev–Trinajstić information content (AvgIpc) is 2.85. The molecule has 3 rings (SSSR count). The molecule has 0 atom stereocenters. The molecule has 2 aromatic rings. The van der Waals surface area contributed by atoms with Crippen LogP contribution in [0.3, 0.4) is 0 Å². The maximum absolute atomic E-state index is 12.4. The van der Waals surface area contributed by atoms with Gasteiger partial charge in [-0.15, -0.1) is 0 Å². The molecule has 0 saturated carbocycles. The van der Waals surface area contributed by atoms with Crippen molar-refractivity contribution in [3.05, 3.63) is 70.8 Å². The minimum absolute atomic E-state index is 0.115. The summed E-state index contributed by atoms with van der Waals surface area (Å²) in [4.78, 5) is 16.5. The quantitative estimate of drug-likeness (QED) is 0.860. The second kappa shape index (κ2) is 5.59. The van der Waals surface area contributed by atoms with E-state index in [0.29, 0.717) is 22.4 Å². The summed E-state index contributed by atoms with van der Waals surface area (Å²) in [6.45, 7) is 0. The molecule has 0 amide bonds. The third-order valence-corrected chi connectivity index (χ3v) is 3.45. The Hall–Kier alpha value is -3.70. The van der Waals surface area contributed by atoms with E-state index in [4.69, 9.17) is 5.26 Å². The summed E-state index contributed by atoms with van der Waals surface area (Å²) in [6, 6.07) is 16.8. The normalized spacial score (nSPS) is 13.5. The van der Waals surface area contributed by atoms with E-state index in [2.05, 4.69) is 4.99 Å². The van der Waals surface area contributed by atoms with Gasteiger partial charge in [0.15, 0.2) is 11.5 Å². The van der Waals surface area contributed by atoms with Crippen LogP contribution >= 0.6 is 0 Å². The van der Waals surface area contributed by atoms with Crippen molar-refractivity contribution in [1.29, 1.82) is 10.5 Å². The van der Waals surface area contributed by atoms with Gasteiger partial charge in [-0.1, -0.05) is 30.3 Å². The summed E-state index contributed by atoms with van der Waals surface area (Å²) in [5.41, 5.74) is 1.19. The third kappa shape index (κ3) is 2.37. The van der Waals surface area contributed by atoms with Gasteiger partial charge in [-0.2, -0.15) is 10.5 Å². The zero-order valence-electron chi connectivity index (χ0n) is 11.8. The maximum atomic E-state index is 12.4. The number of hydrogen-bond acceptors (Lipinski definition) is 5. The Morgan fingerprint density at radius 2 is 1.78 bits per heavy atom. The summed E-state index contributed by atoms with van der Waals surface area (Å²) >= 11 is 0. The molecule has 0 heterocycles. The maximum Gasteiger partial charge on any atom is 0.200 e. The molecule has 0 bridgehead atoms. The Morgan fingerprint density at radius 1 is 1.04 bits per heavy atom. The van der Waals surface area contributed by atoms with Gasteiger partial charge in [0.1, 0.15) is 17.4 Å². The highest BCUT2D eigenvalue weighted by atomic mass is 16.3. The van der Waals surface area contributed by atoms with Crippen LogP contribution < -0.4 is 0 Å². The summed E-state index contributed by atoms with van der Waals surface area (Å²) in [7, 11) is 0. The van der Waals surface area contributed by atoms with Crippen molar-refractivity contribution < 1.29 is 9.90 Å². The number of carbonyl (C=O) groups excluding carboxylic acids is 1. The van der Waals surface area contributed by atoms with E-state index in [1.165, 1.54) is 6.07 Å². The second-order valence-electron chi connectivity index (χ2n) is 4.83. The molecular weight excluding hydrogens is 290 g/mol. The number of aliphatic imine (C=N–C) groups is 1. The predicted octanol–water partition coefficient (Wildman–Crippen LogP) is 3.32. The Kier molecular flexibility index (Phi) is 3.46. The average molecular weight is 299 g/mol. The molecule has 0 unspecified atom stereocenters. The summed E-state index contributed by atoms with van der Waals surface area (Å²) < 4.78 is 0. The lowest BCUT2D eigenvalue weighted by Gasteiger charge is -2.00. The first-order chi connectivity index (χ1) is 11.2. The first-order valence-corrected chi connectivity index (χ1v) is 6.72. The minimum atomic E-state index is -0.435. The summed E-state index contributed by atoms with van der Waals surface area (Å²) in [6.07, 6.45) is 0. The van der Waals surface area contributed by atoms with Gasteiger partial charge in [0.2, 0.25) is 0 Å². The SMILES string of the molecule is N#CC(=Nc1cccc(C#N)c1)C1=C(O)c2ccccc2C1=O. The smallest absolute Gasteiger partial charge is 0.200 e. The minimum Gasteiger partial charge on any atom is -0.506 e. The van der Waals surface area contributed by atoms with E-state index in [1.807, 2.05) is 12.1 Å². The van der Waals surface area contributed by atoms with Crippen LogP contribution in [0, 0.1) is 22.7 Å². The van der Waals surface area contributed by atoms with Crippen molar-refractivity contribution in [2.24, 2.45) is 4.99 Å². The van der Waals surface area contributed by atoms with Gasteiger partial charge < -0.3 is 5.11 Å². The van der Waals surface area contributed by atoms with Crippen molar-refractivity contribution in [1.82, 2.24) is 0 Å². The number of aliphatic hydroxyl groups is 1. The Labute approximate surface area is 132 Å². The topological polar surface area (TPSA) is 97.2 Å². The molecule has 0 aromatic heterocycles. The fraction of sp³-hybridized carbons (Fsp3) is 0. The molecule has 0 aliphatic heterocycles. The van der Waals surface area contributed by atoms with E-state index in [1.54, 1.807) is 42.5 Å². The van der Waals surface area contributed by atoms with Gasteiger partial charge in [0, 0.05) is 11.1 Å². The van der Waals surface area contributed by atoms with Crippen LogP contribution in [0.2, 0.25) is 0 Å². The zero-order valence-corrected chi connectivity index (χ0v) is 11.8. The van der Waals surface area contributed by atoms with Gasteiger partial charge in [-0.25, -0.2) is 4.99 Å². The van der Waals surface area contributed by atoms with Gasteiger partial charge in [-0.3, -0.25) is 4.79 Å². The van der Waals surface area contributed by atoms with E-state index < -0.39 is 5.78 Å². The molecule has 5 heteroatoms. The van der Waals surface area contributed by atoms with E-state index >= 15 is 0 Å². The molecule has 0 saturated heterocycles. The predicted molar refractivity (Wildman–Crippen MR) is 84.2 cm³/mol. The molecular formula is C18H9N3O2. The van der Waals surface area contributed by atoms with E-state index in [9.17, 15) is 15.2 Å². The molecule has 2 aromatic carbocycles. The number of ketones is 1. The monoisotopic (exact) mass is 299 g/mol. The fourth-order valence-electron chi connectivity index (χ4n) is 2.40. The van der Waals surface area contributed by atoms with Gasteiger partial charge in [-0.05, 0) is 18.2 Å². The first-order valence-electron chi connectivity index (χ1n) is 6.72. The fourth-order valence-corrected chi connectivity index (χ4v) is 2.40. The Balaban J connectivity index is 2.11.